The van der Waals surface area contributed by atoms with Gasteiger partial charge in [0.05, 0.1) is 11.3 Å². The number of H-pyrrole nitrogens is 1. The van der Waals surface area contributed by atoms with Crippen LogP contribution in [0.4, 0.5) is 17.6 Å². The summed E-state index contributed by atoms with van der Waals surface area (Å²) in [5.41, 5.74) is -0.407. The zero-order valence-corrected chi connectivity index (χ0v) is 14.3. The minimum absolute atomic E-state index is 0.182. The monoisotopic (exact) mass is 369 g/mol. The number of halogens is 4. The number of aromatic nitrogens is 2. The molecule has 0 spiro atoms. The van der Waals surface area contributed by atoms with Crippen LogP contribution in [0.1, 0.15) is 41.6 Å². The highest BCUT2D eigenvalue weighted by atomic mass is 19.4. The number of hydrogen-bond acceptors (Lipinski definition) is 3. The van der Waals surface area contributed by atoms with E-state index in [0.29, 0.717) is 36.5 Å². The molecule has 3 rings (SSSR count). The zero-order valence-electron chi connectivity index (χ0n) is 14.3. The average Bonchev–Trinajstić information content (AvgIpc) is 2.56. The van der Waals surface area contributed by atoms with Gasteiger partial charge in [-0.3, -0.25) is 9.69 Å². The first kappa shape index (κ1) is 18.6. The van der Waals surface area contributed by atoms with Gasteiger partial charge in [-0.2, -0.15) is 13.2 Å². The summed E-state index contributed by atoms with van der Waals surface area (Å²) in [5, 5.41) is 0. The average molecular weight is 369 g/mol. The van der Waals surface area contributed by atoms with E-state index in [1.807, 2.05) is 6.92 Å². The Kier molecular flexibility index (Phi) is 5.13. The third-order valence-corrected chi connectivity index (χ3v) is 4.49. The Morgan fingerprint density at radius 2 is 2.08 bits per heavy atom. The van der Waals surface area contributed by atoms with Gasteiger partial charge < -0.3 is 4.98 Å². The van der Waals surface area contributed by atoms with Crippen molar-refractivity contribution in [1.29, 1.82) is 0 Å². The Labute approximate surface area is 147 Å². The second kappa shape index (κ2) is 7.19. The maximum absolute atomic E-state index is 14.1. The lowest BCUT2D eigenvalue weighted by Crippen LogP contribution is -2.36. The minimum atomic E-state index is -4.62. The maximum Gasteiger partial charge on any atom is 0.416 e. The molecule has 0 aliphatic carbocycles. The molecule has 0 unspecified atom stereocenters. The fourth-order valence-electron chi connectivity index (χ4n) is 3.24. The standard InChI is InChI=1S/C18H19F4N3O/c1-2-4-16-23-15-10-25(8-7-11(15)17(26)24-16)9-12-13(18(20,21)22)5-3-6-14(12)19/h3,5-6H,2,4,7-10H2,1H3,(H,23,24,26). The van der Waals surface area contributed by atoms with Crippen LogP contribution >= 0.6 is 0 Å². The number of alkyl halides is 3. The summed E-state index contributed by atoms with van der Waals surface area (Å²) in [7, 11) is 0. The molecular formula is C18H19F4N3O. The van der Waals surface area contributed by atoms with E-state index in [9.17, 15) is 22.4 Å². The number of rotatable bonds is 4. The smallest absolute Gasteiger partial charge is 0.310 e. The van der Waals surface area contributed by atoms with Gasteiger partial charge in [0.15, 0.2) is 0 Å². The van der Waals surface area contributed by atoms with Gasteiger partial charge in [0.1, 0.15) is 11.6 Å². The molecule has 0 saturated carbocycles. The van der Waals surface area contributed by atoms with E-state index in [0.717, 1.165) is 24.6 Å². The summed E-state index contributed by atoms with van der Waals surface area (Å²) in [6.45, 7) is 2.37. The van der Waals surface area contributed by atoms with Gasteiger partial charge in [0, 0.05) is 37.2 Å². The molecule has 1 aromatic carbocycles. The molecule has 0 amide bonds. The van der Waals surface area contributed by atoms with E-state index < -0.39 is 17.6 Å². The lowest BCUT2D eigenvalue weighted by atomic mass is 10.0. The van der Waals surface area contributed by atoms with Gasteiger partial charge in [-0.1, -0.05) is 13.0 Å². The molecule has 0 bridgehead atoms. The van der Waals surface area contributed by atoms with E-state index >= 15 is 0 Å². The molecule has 0 fully saturated rings. The molecule has 8 heteroatoms. The normalized spacial score (nSPS) is 15.1. The highest BCUT2D eigenvalue weighted by molar-refractivity contribution is 5.31. The molecule has 26 heavy (non-hydrogen) atoms. The van der Waals surface area contributed by atoms with E-state index in [4.69, 9.17) is 0 Å². The molecule has 1 aromatic heterocycles. The summed E-state index contributed by atoms with van der Waals surface area (Å²) < 4.78 is 53.6. The topological polar surface area (TPSA) is 49.0 Å². The Bertz CT molecular complexity index is 860. The van der Waals surface area contributed by atoms with Crippen LogP contribution < -0.4 is 5.56 Å². The van der Waals surface area contributed by atoms with Crippen molar-refractivity contribution in [3.05, 3.63) is 62.6 Å². The molecule has 1 N–H and O–H groups in total. The summed E-state index contributed by atoms with van der Waals surface area (Å²) >= 11 is 0. The van der Waals surface area contributed by atoms with Crippen LogP contribution in [0.5, 0.6) is 0 Å². The Balaban J connectivity index is 1.88. The molecule has 140 valence electrons. The van der Waals surface area contributed by atoms with Crippen LogP contribution in [0.3, 0.4) is 0 Å². The first-order valence-corrected chi connectivity index (χ1v) is 8.47. The van der Waals surface area contributed by atoms with Crippen LogP contribution in [0, 0.1) is 5.82 Å². The number of fused-ring (bicyclic) bond motifs is 1. The number of nitrogens with zero attached hydrogens (tertiary/aromatic N) is 2. The van der Waals surface area contributed by atoms with E-state index in [1.165, 1.54) is 0 Å². The Hall–Kier alpha value is -2.22. The summed E-state index contributed by atoms with van der Waals surface area (Å²) in [6.07, 6.45) is -2.81. The second-order valence-corrected chi connectivity index (χ2v) is 6.41. The van der Waals surface area contributed by atoms with Crippen molar-refractivity contribution in [3.63, 3.8) is 0 Å². The van der Waals surface area contributed by atoms with E-state index in [1.54, 1.807) is 4.90 Å². The van der Waals surface area contributed by atoms with Gasteiger partial charge >= 0.3 is 6.18 Å². The fourth-order valence-corrected chi connectivity index (χ4v) is 3.24. The molecule has 1 aliphatic heterocycles. The molecule has 1 aliphatic rings. The molecular weight excluding hydrogens is 350 g/mol. The van der Waals surface area contributed by atoms with Gasteiger partial charge in [0.2, 0.25) is 0 Å². The van der Waals surface area contributed by atoms with Gasteiger partial charge in [-0.05, 0) is 25.0 Å². The fraction of sp³-hybridized carbons (Fsp3) is 0.444. The van der Waals surface area contributed by atoms with E-state index in [-0.39, 0.29) is 24.2 Å². The molecule has 2 aromatic rings. The molecule has 0 radical (unpaired) electrons. The molecule has 2 heterocycles. The largest absolute Gasteiger partial charge is 0.416 e. The molecule has 0 atom stereocenters. The quantitative estimate of drug-likeness (QED) is 0.840. The van der Waals surface area contributed by atoms with Crippen molar-refractivity contribution in [3.8, 4) is 0 Å². The summed E-state index contributed by atoms with van der Waals surface area (Å²) in [5.74, 6) is -0.309. The highest BCUT2D eigenvalue weighted by Gasteiger charge is 2.35. The predicted octanol–water partition coefficient (Wildman–Crippen LogP) is 3.44. The Morgan fingerprint density at radius 1 is 1.31 bits per heavy atom. The Morgan fingerprint density at radius 3 is 2.77 bits per heavy atom. The number of hydrogen-bond donors (Lipinski definition) is 1. The number of benzene rings is 1. The lowest BCUT2D eigenvalue weighted by molar-refractivity contribution is -0.138. The highest BCUT2D eigenvalue weighted by Crippen LogP contribution is 2.34. The lowest BCUT2D eigenvalue weighted by Gasteiger charge is -2.28. The number of aromatic amines is 1. The summed E-state index contributed by atoms with van der Waals surface area (Å²) in [6, 6.07) is 2.98. The first-order chi connectivity index (χ1) is 12.3. The van der Waals surface area contributed by atoms with Gasteiger partial charge in [0.25, 0.3) is 5.56 Å². The van der Waals surface area contributed by atoms with Gasteiger partial charge in [-0.25, -0.2) is 9.37 Å². The second-order valence-electron chi connectivity index (χ2n) is 6.41. The van der Waals surface area contributed by atoms with Crippen molar-refractivity contribution in [2.24, 2.45) is 0 Å². The van der Waals surface area contributed by atoms with Crippen LogP contribution in [-0.4, -0.2) is 21.4 Å². The van der Waals surface area contributed by atoms with Crippen LogP contribution in [0.15, 0.2) is 23.0 Å². The number of nitrogens with one attached hydrogen (secondary N) is 1. The van der Waals surface area contributed by atoms with E-state index in [2.05, 4.69) is 9.97 Å². The van der Waals surface area contributed by atoms with Gasteiger partial charge in [-0.15, -0.1) is 0 Å². The predicted molar refractivity (Wildman–Crippen MR) is 88.1 cm³/mol. The van der Waals surface area contributed by atoms with Crippen molar-refractivity contribution in [2.45, 2.75) is 45.5 Å². The number of aryl methyl sites for hydroxylation is 1. The van der Waals surface area contributed by atoms with Crippen molar-refractivity contribution >= 4 is 0 Å². The SMILES string of the molecule is CCCc1nc2c(c(=O)[nH]1)CCN(Cc1c(F)cccc1C(F)(F)F)C2. The third kappa shape index (κ3) is 3.80. The first-order valence-electron chi connectivity index (χ1n) is 8.47. The van der Waals surface area contributed by atoms with Crippen LogP contribution in [-0.2, 0) is 32.1 Å². The van der Waals surface area contributed by atoms with Crippen molar-refractivity contribution in [1.82, 2.24) is 14.9 Å². The maximum atomic E-state index is 14.1. The van der Waals surface area contributed by atoms with Crippen molar-refractivity contribution < 1.29 is 17.6 Å². The third-order valence-electron chi connectivity index (χ3n) is 4.49. The summed E-state index contributed by atoms with van der Waals surface area (Å²) in [4.78, 5) is 21.0. The molecule has 0 saturated heterocycles. The van der Waals surface area contributed by atoms with Crippen LogP contribution in [0.2, 0.25) is 0 Å². The zero-order chi connectivity index (χ0) is 18.9. The molecule has 4 nitrogen and oxygen atoms in total. The van der Waals surface area contributed by atoms with Crippen LogP contribution in [0.25, 0.3) is 0 Å². The minimum Gasteiger partial charge on any atom is -0.310 e. The van der Waals surface area contributed by atoms with Crippen molar-refractivity contribution in [2.75, 3.05) is 6.54 Å².